The molecule has 0 atom stereocenters. The third-order valence-electron chi connectivity index (χ3n) is 3.81. The van der Waals surface area contributed by atoms with E-state index in [0.717, 1.165) is 12.8 Å². The SMILES string of the molecule is CCCCCCCCCCCCCC(=O)OS(=O)(=O)CCNC.[H-].[Na+]. The van der Waals surface area contributed by atoms with Crippen molar-refractivity contribution in [2.24, 2.45) is 0 Å². The van der Waals surface area contributed by atoms with E-state index in [1.54, 1.807) is 7.05 Å². The first-order valence-electron chi connectivity index (χ1n) is 9.11. The Morgan fingerprint density at radius 3 is 1.83 bits per heavy atom. The number of hydrogen-bond donors (Lipinski definition) is 1. The fourth-order valence-corrected chi connectivity index (χ4v) is 3.29. The molecule has 1 N–H and O–H groups in total. The molecule has 0 aromatic heterocycles. The number of hydrogen-bond acceptors (Lipinski definition) is 5. The molecular formula is C17H36NNaO4S. The Balaban J connectivity index is -0.00000242. The quantitative estimate of drug-likeness (QED) is 0.247. The molecule has 0 fully saturated rings. The molecule has 0 heterocycles. The van der Waals surface area contributed by atoms with E-state index in [0.29, 0.717) is 6.42 Å². The predicted molar refractivity (Wildman–Crippen MR) is 96.0 cm³/mol. The first-order chi connectivity index (χ1) is 11.0. The van der Waals surface area contributed by atoms with E-state index in [4.69, 9.17) is 0 Å². The van der Waals surface area contributed by atoms with Crippen LogP contribution in [0.4, 0.5) is 0 Å². The van der Waals surface area contributed by atoms with Crippen molar-refractivity contribution in [3.05, 3.63) is 0 Å². The normalized spacial score (nSPS) is 11.1. The summed E-state index contributed by atoms with van der Waals surface area (Å²) in [6, 6.07) is 0. The molecule has 0 aliphatic carbocycles. The van der Waals surface area contributed by atoms with Crippen molar-refractivity contribution in [3.8, 4) is 0 Å². The summed E-state index contributed by atoms with van der Waals surface area (Å²) in [7, 11) is -2.06. The zero-order valence-electron chi connectivity index (χ0n) is 16.9. The molecule has 0 saturated heterocycles. The Hall–Kier alpha value is 0.380. The van der Waals surface area contributed by atoms with Crippen LogP contribution in [0.15, 0.2) is 0 Å². The molecule has 5 nitrogen and oxygen atoms in total. The second-order valence-electron chi connectivity index (χ2n) is 6.11. The number of rotatable bonds is 16. The summed E-state index contributed by atoms with van der Waals surface area (Å²) >= 11 is 0. The van der Waals surface area contributed by atoms with Crippen molar-refractivity contribution in [2.45, 2.75) is 84.0 Å². The molecule has 0 aromatic carbocycles. The number of unbranched alkanes of at least 4 members (excludes halogenated alkanes) is 10. The maximum atomic E-state index is 11.5. The van der Waals surface area contributed by atoms with Gasteiger partial charge in [0.15, 0.2) is 0 Å². The van der Waals surface area contributed by atoms with Crippen LogP contribution in [0.25, 0.3) is 0 Å². The van der Waals surface area contributed by atoms with Crippen molar-refractivity contribution in [3.63, 3.8) is 0 Å². The zero-order valence-corrected chi connectivity index (χ0v) is 18.8. The van der Waals surface area contributed by atoms with Gasteiger partial charge in [0.05, 0.1) is 5.75 Å². The number of nitrogens with one attached hydrogen (secondary N) is 1. The summed E-state index contributed by atoms with van der Waals surface area (Å²) in [5.74, 6) is -0.801. The molecular weight excluding hydrogens is 337 g/mol. The maximum Gasteiger partial charge on any atom is 1.00 e. The predicted octanol–water partition coefficient (Wildman–Crippen LogP) is 0.896. The molecule has 24 heavy (non-hydrogen) atoms. The van der Waals surface area contributed by atoms with Crippen molar-refractivity contribution >= 4 is 16.1 Å². The summed E-state index contributed by atoms with van der Waals surface area (Å²) < 4.78 is 27.4. The van der Waals surface area contributed by atoms with E-state index in [9.17, 15) is 13.2 Å². The van der Waals surface area contributed by atoms with Crippen LogP contribution in [0, 0.1) is 0 Å². The van der Waals surface area contributed by atoms with E-state index in [1.807, 2.05) is 0 Å². The zero-order chi connectivity index (χ0) is 17.4. The van der Waals surface area contributed by atoms with E-state index in [2.05, 4.69) is 16.4 Å². The van der Waals surface area contributed by atoms with Gasteiger partial charge in [-0.25, -0.2) is 0 Å². The topological polar surface area (TPSA) is 72.5 Å². The van der Waals surface area contributed by atoms with Crippen LogP contribution in [0.5, 0.6) is 0 Å². The number of carbonyl (C=O) groups excluding carboxylic acids is 1. The minimum absolute atomic E-state index is 0. The monoisotopic (exact) mass is 373 g/mol. The van der Waals surface area contributed by atoms with E-state index < -0.39 is 16.1 Å². The van der Waals surface area contributed by atoms with Crippen LogP contribution >= 0.6 is 0 Å². The van der Waals surface area contributed by atoms with Gasteiger partial charge in [-0.2, -0.15) is 8.42 Å². The molecule has 0 amide bonds. The summed E-state index contributed by atoms with van der Waals surface area (Å²) in [5.41, 5.74) is 0. The van der Waals surface area contributed by atoms with Gasteiger partial charge in [0.25, 0.3) is 0 Å². The van der Waals surface area contributed by atoms with Gasteiger partial charge < -0.3 is 10.9 Å². The van der Waals surface area contributed by atoms with Crippen LogP contribution in [-0.2, 0) is 19.1 Å². The van der Waals surface area contributed by atoms with E-state index in [1.165, 1.54) is 51.4 Å². The van der Waals surface area contributed by atoms with Crippen LogP contribution in [0.1, 0.15) is 85.4 Å². The summed E-state index contributed by atoms with van der Waals surface area (Å²) in [6.07, 6.45) is 13.4. The van der Waals surface area contributed by atoms with Gasteiger partial charge in [-0.15, -0.1) is 0 Å². The minimum Gasteiger partial charge on any atom is -1.00 e. The Kier molecular flexibility index (Phi) is 20.2. The van der Waals surface area contributed by atoms with Crippen LogP contribution in [0.3, 0.4) is 0 Å². The second kappa shape index (κ2) is 18.2. The van der Waals surface area contributed by atoms with Crippen LogP contribution < -0.4 is 34.9 Å². The molecule has 0 radical (unpaired) electrons. The second-order valence-corrected chi connectivity index (χ2v) is 7.80. The van der Waals surface area contributed by atoms with Crippen molar-refractivity contribution in [1.29, 1.82) is 0 Å². The molecule has 0 aliphatic rings. The Morgan fingerprint density at radius 2 is 1.38 bits per heavy atom. The minimum atomic E-state index is -3.72. The van der Waals surface area contributed by atoms with E-state index in [-0.39, 0.29) is 49.7 Å². The molecule has 0 aromatic rings. The first-order valence-corrected chi connectivity index (χ1v) is 10.7. The fraction of sp³-hybridized carbons (Fsp3) is 0.941. The summed E-state index contributed by atoms with van der Waals surface area (Å²) in [6.45, 7) is 2.52. The van der Waals surface area contributed by atoms with Gasteiger partial charge >= 0.3 is 45.6 Å². The maximum absolute atomic E-state index is 11.5. The summed E-state index contributed by atoms with van der Waals surface area (Å²) in [4.78, 5) is 11.5. The van der Waals surface area contributed by atoms with Crippen molar-refractivity contribution < 1.29 is 48.4 Å². The molecule has 0 saturated carbocycles. The molecule has 0 bridgehead atoms. The molecule has 0 unspecified atom stereocenters. The van der Waals surface area contributed by atoms with Gasteiger partial charge in [0.1, 0.15) is 0 Å². The smallest absolute Gasteiger partial charge is 1.00 e. The van der Waals surface area contributed by atoms with Crippen LogP contribution in [-0.4, -0.2) is 33.7 Å². The standard InChI is InChI=1S/C17H35NO4S.Na.H/c1-3-4-5-6-7-8-9-10-11-12-13-14-17(19)22-23(20,21)16-15-18-2;;/h18H,3-16H2,1-2H3;;/q;+1;-1. The molecule has 140 valence electrons. The average molecular weight is 374 g/mol. The van der Waals surface area contributed by atoms with Gasteiger partial charge in [-0.05, 0) is 13.5 Å². The van der Waals surface area contributed by atoms with Gasteiger partial charge in [-0.1, -0.05) is 71.1 Å². The van der Waals surface area contributed by atoms with E-state index >= 15 is 0 Å². The Morgan fingerprint density at radius 1 is 0.917 bits per heavy atom. The molecule has 0 rings (SSSR count). The van der Waals surface area contributed by atoms with Gasteiger partial charge in [0.2, 0.25) is 0 Å². The van der Waals surface area contributed by atoms with Crippen molar-refractivity contribution in [2.75, 3.05) is 19.3 Å². The first kappa shape index (κ1) is 26.6. The summed E-state index contributed by atoms with van der Waals surface area (Å²) in [5, 5.41) is 2.72. The Labute approximate surface area is 172 Å². The fourth-order valence-electron chi connectivity index (χ4n) is 2.39. The average Bonchev–Trinajstić information content (AvgIpc) is 2.50. The molecule has 7 heteroatoms. The van der Waals surface area contributed by atoms with Crippen molar-refractivity contribution in [1.82, 2.24) is 5.32 Å². The van der Waals surface area contributed by atoms with Gasteiger partial charge in [-0.3, -0.25) is 4.79 Å². The van der Waals surface area contributed by atoms with Gasteiger partial charge in [0, 0.05) is 13.0 Å². The van der Waals surface area contributed by atoms with Crippen LogP contribution in [0.2, 0.25) is 0 Å². The number of carbonyl (C=O) groups is 1. The molecule has 0 aliphatic heterocycles. The largest absolute Gasteiger partial charge is 1.00 e. The third-order valence-corrected chi connectivity index (χ3v) is 4.95. The molecule has 0 spiro atoms. The Bertz CT molecular complexity index is 394. The third kappa shape index (κ3) is 18.7.